The van der Waals surface area contributed by atoms with E-state index < -0.39 is 0 Å². The van der Waals surface area contributed by atoms with Gasteiger partial charge in [0.15, 0.2) is 0 Å². The number of ether oxygens (including phenoxy) is 1. The first-order valence-corrected chi connectivity index (χ1v) is 11.3. The molecule has 0 unspecified atom stereocenters. The van der Waals surface area contributed by atoms with E-state index in [1.165, 1.54) is 43.6 Å². The zero-order valence-corrected chi connectivity index (χ0v) is 18.8. The van der Waals surface area contributed by atoms with E-state index in [0.29, 0.717) is 0 Å². The smallest absolute Gasteiger partial charge is 0.118 e. The van der Waals surface area contributed by atoms with Crippen molar-refractivity contribution in [2.45, 2.75) is 25.8 Å². The van der Waals surface area contributed by atoms with E-state index in [0.717, 1.165) is 36.9 Å². The van der Waals surface area contributed by atoms with Gasteiger partial charge in [-0.15, -0.1) is 0 Å². The molecular weight excluding hydrogens is 384 g/mol. The van der Waals surface area contributed by atoms with Gasteiger partial charge in [-0.1, -0.05) is 24.3 Å². The first kappa shape index (κ1) is 21.6. The van der Waals surface area contributed by atoms with E-state index in [4.69, 9.17) is 4.74 Å². The molecule has 1 aliphatic heterocycles. The quantitative estimate of drug-likeness (QED) is 0.520. The molecule has 0 bridgehead atoms. The average molecular weight is 419 g/mol. The van der Waals surface area contributed by atoms with Gasteiger partial charge in [0.05, 0.1) is 12.8 Å². The molecule has 0 atom stereocenters. The van der Waals surface area contributed by atoms with Gasteiger partial charge < -0.3 is 9.64 Å². The molecule has 5 heteroatoms. The SMILES string of the molecule is COc1ccc(CCN(Cc2ccc(-n3cccn3)cc2)CC2CCN(C)CC2)cc1. The maximum atomic E-state index is 5.30. The molecule has 1 fully saturated rings. The number of likely N-dealkylation sites (tertiary alicyclic amines) is 1. The lowest BCUT2D eigenvalue weighted by Gasteiger charge is -2.33. The lowest BCUT2D eigenvalue weighted by Crippen LogP contribution is -2.37. The van der Waals surface area contributed by atoms with E-state index >= 15 is 0 Å². The molecule has 1 aliphatic rings. The number of hydrogen-bond donors (Lipinski definition) is 0. The fraction of sp³-hybridized carbons (Fsp3) is 0.423. The van der Waals surface area contributed by atoms with E-state index in [9.17, 15) is 0 Å². The normalized spacial score (nSPS) is 15.5. The third-order valence-corrected chi connectivity index (χ3v) is 6.34. The fourth-order valence-electron chi connectivity index (χ4n) is 4.36. The van der Waals surface area contributed by atoms with Crippen molar-refractivity contribution in [2.24, 2.45) is 5.92 Å². The Bertz CT molecular complexity index is 898. The second-order valence-corrected chi connectivity index (χ2v) is 8.70. The highest BCUT2D eigenvalue weighted by Crippen LogP contribution is 2.20. The van der Waals surface area contributed by atoms with Gasteiger partial charge in [-0.05, 0) is 86.8 Å². The molecule has 0 radical (unpaired) electrons. The van der Waals surface area contributed by atoms with Crippen LogP contribution in [-0.2, 0) is 13.0 Å². The summed E-state index contributed by atoms with van der Waals surface area (Å²) in [6.45, 7) is 5.66. The van der Waals surface area contributed by atoms with Crippen molar-refractivity contribution < 1.29 is 4.74 Å². The Hall–Kier alpha value is -2.63. The van der Waals surface area contributed by atoms with Crippen LogP contribution < -0.4 is 4.74 Å². The summed E-state index contributed by atoms with van der Waals surface area (Å²) in [5.41, 5.74) is 3.83. The Morgan fingerprint density at radius 2 is 1.71 bits per heavy atom. The number of rotatable bonds is 9. The summed E-state index contributed by atoms with van der Waals surface area (Å²) in [6.07, 6.45) is 7.45. The van der Waals surface area contributed by atoms with Gasteiger partial charge >= 0.3 is 0 Å². The molecule has 0 amide bonds. The lowest BCUT2D eigenvalue weighted by atomic mass is 9.96. The molecule has 2 aromatic carbocycles. The van der Waals surface area contributed by atoms with Gasteiger partial charge in [0.2, 0.25) is 0 Å². The summed E-state index contributed by atoms with van der Waals surface area (Å²) < 4.78 is 7.21. The molecule has 3 aromatic rings. The van der Waals surface area contributed by atoms with Crippen LogP contribution in [0, 0.1) is 5.92 Å². The summed E-state index contributed by atoms with van der Waals surface area (Å²) in [6, 6.07) is 19.3. The number of nitrogens with zero attached hydrogens (tertiary/aromatic N) is 4. The molecule has 0 saturated carbocycles. The molecule has 0 N–H and O–H groups in total. The van der Waals surface area contributed by atoms with Crippen molar-refractivity contribution in [3.05, 3.63) is 78.1 Å². The fourth-order valence-corrected chi connectivity index (χ4v) is 4.36. The van der Waals surface area contributed by atoms with Gasteiger partial charge in [0.25, 0.3) is 0 Å². The summed E-state index contributed by atoms with van der Waals surface area (Å²) in [4.78, 5) is 5.09. The van der Waals surface area contributed by atoms with E-state index in [-0.39, 0.29) is 0 Å². The Morgan fingerprint density at radius 1 is 1.00 bits per heavy atom. The second kappa shape index (κ2) is 10.6. The Labute approximate surface area is 186 Å². The lowest BCUT2D eigenvalue weighted by molar-refractivity contribution is 0.157. The molecule has 0 spiro atoms. The van der Waals surface area contributed by atoms with Crippen LogP contribution in [0.1, 0.15) is 24.0 Å². The third-order valence-electron chi connectivity index (χ3n) is 6.34. The maximum Gasteiger partial charge on any atom is 0.118 e. The zero-order chi connectivity index (χ0) is 21.5. The minimum Gasteiger partial charge on any atom is -0.497 e. The standard InChI is InChI=1S/C26H34N4O/c1-28-17-12-24(13-18-28)21-29(19-14-22-6-10-26(31-2)11-7-22)20-23-4-8-25(9-5-23)30-16-3-15-27-30/h3-11,15-16,24H,12-14,17-21H2,1-2H3. The highest BCUT2D eigenvalue weighted by molar-refractivity contribution is 5.33. The van der Waals surface area contributed by atoms with Crippen molar-refractivity contribution in [3.63, 3.8) is 0 Å². The first-order chi connectivity index (χ1) is 15.2. The Balaban J connectivity index is 1.40. The molecular formula is C26H34N4O. The van der Waals surface area contributed by atoms with E-state index in [1.807, 2.05) is 23.1 Å². The number of benzene rings is 2. The van der Waals surface area contributed by atoms with Crippen LogP contribution in [0.5, 0.6) is 5.75 Å². The molecule has 0 aliphatic carbocycles. The third kappa shape index (κ3) is 6.18. The van der Waals surface area contributed by atoms with Crippen molar-refractivity contribution in [2.75, 3.05) is 40.3 Å². The van der Waals surface area contributed by atoms with Crippen LogP contribution in [0.3, 0.4) is 0 Å². The summed E-state index contributed by atoms with van der Waals surface area (Å²) in [5.74, 6) is 1.71. The van der Waals surface area contributed by atoms with Gasteiger partial charge in [-0.25, -0.2) is 4.68 Å². The number of aromatic nitrogens is 2. The molecule has 1 saturated heterocycles. The highest BCUT2D eigenvalue weighted by atomic mass is 16.5. The average Bonchev–Trinajstić information content (AvgIpc) is 3.35. The van der Waals surface area contributed by atoms with Crippen LogP contribution in [0.15, 0.2) is 67.0 Å². The largest absolute Gasteiger partial charge is 0.497 e. The van der Waals surface area contributed by atoms with Crippen molar-refractivity contribution in [1.29, 1.82) is 0 Å². The molecule has 2 heterocycles. The van der Waals surface area contributed by atoms with Crippen LogP contribution in [0.2, 0.25) is 0 Å². The zero-order valence-electron chi connectivity index (χ0n) is 18.8. The molecule has 164 valence electrons. The first-order valence-electron chi connectivity index (χ1n) is 11.3. The van der Waals surface area contributed by atoms with Gasteiger partial charge in [0.1, 0.15) is 5.75 Å². The summed E-state index contributed by atoms with van der Waals surface area (Å²) in [5, 5.41) is 4.33. The van der Waals surface area contributed by atoms with E-state index in [1.54, 1.807) is 7.11 Å². The topological polar surface area (TPSA) is 33.5 Å². The van der Waals surface area contributed by atoms with Crippen molar-refractivity contribution >= 4 is 0 Å². The predicted molar refractivity (Wildman–Crippen MR) is 126 cm³/mol. The molecule has 5 nitrogen and oxygen atoms in total. The molecule has 31 heavy (non-hydrogen) atoms. The second-order valence-electron chi connectivity index (χ2n) is 8.70. The van der Waals surface area contributed by atoms with Crippen molar-refractivity contribution in [3.8, 4) is 11.4 Å². The monoisotopic (exact) mass is 418 g/mol. The number of hydrogen-bond acceptors (Lipinski definition) is 4. The molecule has 4 rings (SSSR count). The van der Waals surface area contributed by atoms with Crippen LogP contribution in [0.4, 0.5) is 0 Å². The van der Waals surface area contributed by atoms with Crippen LogP contribution in [0.25, 0.3) is 5.69 Å². The molecule has 1 aromatic heterocycles. The highest BCUT2D eigenvalue weighted by Gasteiger charge is 2.20. The van der Waals surface area contributed by atoms with Crippen LogP contribution in [-0.4, -0.2) is 59.9 Å². The predicted octanol–water partition coefficient (Wildman–Crippen LogP) is 4.27. The Morgan fingerprint density at radius 3 is 2.35 bits per heavy atom. The van der Waals surface area contributed by atoms with Gasteiger partial charge in [0, 0.05) is 32.0 Å². The van der Waals surface area contributed by atoms with Gasteiger partial charge in [-0.3, -0.25) is 4.90 Å². The van der Waals surface area contributed by atoms with E-state index in [2.05, 4.69) is 70.5 Å². The Kier molecular flexibility index (Phi) is 7.39. The van der Waals surface area contributed by atoms with Crippen molar-refractivity contribution in [1.82, 2.24) is 19.6 Å². The summed E-state index contributed by atoms with van der Waals surface area (Å²) >= 11 is 0. The summed E-state index contributed by atoms with van der Waals surface area (Å²) in [7, 11) is 3.95. The minimum atomic E-state index is 0.787. The number of piperidine rings is 1. The number of methoxy groups -OCH3 is 1. The maximum absolute atomic E-state index is 5.30. The van der Waals surface area contributed by atoms with Crippen LogP contribution >= 0.6 is 0 Å². The van der Waals surface area contributed by atoms with Gasteiger partial charge in [-0.2, -0.15) is 5.10 Å². The minimum absolute atomic E-state index is 0.787.